The molecule has 1 aromatic heterocycles. The second-order valence-electron chi connectivity index (χ2n) is 8.61. The molecule has 1 aromatic carbocycles. The zero-order valence-corrected chi connectivity index (χ0v) is 18.1. The van der Waals surface area contributed by atoms with Crippen molar-refractivity contribution < 1.29 is 18.4 Å². The van der Waals surface area contributed by atoms with E-state index in [9.17, 15) is 4.39 Å². The zero-order valence-electron chi connectivity index (χ0n) is 18.1. The molecule has 3 aliphatic rings. The number of ether oxygens (including phenoxy) is 2. The fourth-order valence-electron chi connectivity index (χ4n) is 4.61. The van der Waals surface area contributed by atoms with Crippen LogP contribution in [0.3, 0.4) is 0 Å². The number of hydrazine groups is 1. The third kappa shape index (κ3) is 4.68. The van der Waals surface area contributed by atoms with Crippen LogP contribution in [0.2, 0.25) is 0 Å². The third-order valence-corrected chi connectivity index (χ3v) is 6.50. The highest BCUT2D eigenvalue weighted by atomic mass is 19.1. The number of rotatable bonds is 9. The number of methoxy groups -OCH3 is 1. The van der Waals surface area contributed by atoms with Crippen LogP contribution < -0.4 is 15.4 Å². The van der Waals surface area contributed by atoms with Crippen molar-refractivity contribution in [3.05, 3.63) is 35.4 Å². The van der Waals surface area contributed by atoms with E-state index in [4.69, 9.17) is 14.0 Å². The van der Waals surface area contributed by atoms with Gasteiger partial charge in [0, 0.05) is 25.8 Å². The summed E-state index contributed by atoms with van der Waals surface area (Å²) in [7, 11) is 1.62. The van der Waals surface area contributed by atoms with E-state index >= 15 is 0 Å². The Balaban J connectivity index is 1.03. The van der Waals surface area contributed by atoms with E-state index < -0.39 is 0 Å². The minimum absolute atomic E-state index is 0.273. The van der Waals surface area contributed by atoms with E-state index in [1.165, 1.54) is 12.5 Å². The SMILES string of the molecule is COCc1noc(N2CCC([C@H]3C[C@H]3COCc3ccc(N4CN=NN4)cc3F)CC2)n1. The lowest BCUT2D eigenvalue weighted by molar-refractivity contribution is 0.102. The number of benzene rings is 1. The average molecular weight is 445 g/mol. The molecule has 11 heteroatoms. The van der Waals surface area contributed by atoms with Gasteiger partial charge in [0.25, 0.3) is 0 Å². The smallest absolute Gasteiger partial charge is 0.324 e. The van der Waals surface area contributed by atoms with Crippen LogP contribution >= 0.6 is 0 Å². The normalized spacial score (nSPS) is 23.1. The fraction of sp³-hybridized carbons (Fsp3) is 0.619. The van der Waals surface area contributed by atoms with Gasteiger partial charge in [-0.05, 0) is 49.1 Å². The van der Waals surface area contributed by atoms with Gasteiger partial charge in [-0.2, -0.15) is 10.5 Å². The summed E-state index contributed by atoms with van der Waals surface area (Å²) < 4.78 is 30.7. The van der Waals surface area contributed by atoms with Gasteiger partial charge in [-0.3, -0.25) is 0 Å². The number of hydrogen-bond acceptors (Lipinski definition) is 10. The molecule has 32 heavy (non-hydrogen) atoms. The largest absolute Gasteiger partial charge is 0.377 e. The van der Waals surface area contributed by atoms with Crippen LogP contribution in [-0.2, 0) is 22.7 Å². The molecule has 5 rings (SSSR count). The summed E-state index contributed by atoms with van der Waals surface area (Å²) in [4.78, 5) is 6.54. The minimum Gasteiger partial charge on any atom is -0.377 e. The number of hydrogen-bond donors (Lipinski definition) is 1. The van der Waals surface area contributed by atoms with Crippen LogP contribution in [0.5, 0.6) is 0 Å². The van der Waals surface area contributed by atoms with Crippen molar-refractivity contribution in [2.45, 2.75) is 32.5 Å². The van der Waals surface area contributed by atoms with Crippen molar-refractivity contribution in [1.29, 1.82) is 0 Å². The van der Waals surface area contributed by atoms with Gasteiger partial charge in [-0.1, -0.05) is 16.4 Å². The number of halogens is 1. The Morgan fingerprint density at radius 1 is 1.25 bits per heavy atom. The van der Waals surface area contributed by atoms with E-state index in [1.807, 2.05) is 6.07 Å². The van der Waals surface area contributed by atoms with E-state index in [0.717, 1.165) is 25.9 Å². The predicted octanol–water partition coefficient (Wildman–Crippen LogP) is 3.07. The molecule has 3 heterocycles. The Hall–Kier alpha value is -2.79. The van der Waals surface area contributed by atoms with Crippen molar-refractivity contribution in [2.75, 3.05) is 43.4 Å². The molecule has 0 spiro atoms. The Bertz CT molecular complexity index is 939. The molecule has 1 saturated carbocycles. The zero-order chi connectivity index (χ0) is 21.9. The first kappa shape index (κ1) is 21.1. The lowest BCUT2D eigenvalue weighted by Gasteiger charge is -2.30. The number of anilines is 2. The standard InChI is InChI=1S/C21H28FN7O3/c1-30-12-20-24-21(32-25-20)28-6-4-14(5-7-28)18-8-16(18)11-31-10-15-2-3-17(9-19(15)22)29-13-23-26-27-29/h2-3,9,14,16,18H,4-8,10-13H2,1H3,(H,23,27)/t16-,18+/m0/s1. The maximum Gasteiger partial charge on any atom is 0.324 e. The molecule has 2 aromatic rings. The summed E-state index contributed by atoms with van der Waals surface area (Å²) in [6.45, 7) is 3.56. The van der Waals surface area contributed by atoms with Crippen LogP contribution in [0.25, 0.3) is 0 Å². The van der Waals surface area contributed by atoms with Crippen molar-refractivity contribution in [3.63, 3.8) is 0 Å². The lowest BCUT2D eigenvalue weighted by atomic mass is 9.91. The van der Waals surface area contributed by atoms with Gasteiger partial charge >= 0.3 is 6.01 Å². The Kier molecular flexibility index (Phi) is 6.17. The average Bonchev–Trinajstić information content (AvgIpc) is 3.17. The fourth-order valence-corrected chi connectivity index (χ4v) is 4.61. The van der Waals surface area contributed by atoms with E-state index in [0.29, 0.717) is 60.7 Å². The van der Waals surface area contributed by atoms with Gasteiger partial charge < -0.3 is 18.9 Å². The van der Waals surface area contributed by atoms with Gasteiger partial charge in [-0.25, -0.2) is 9.40 Å². The summed E-state index contributed by atoms with van der Waals surface area (Å²) in [5, 5.41) is 13.1. The summed E-state index contributed by atoms with van der Waals surface area (Å²) in [6.07, 6.45) is 3.42. The number of nitrogens with zero attached hydrogens (tertiary/aromatic N) is 6. The van der Waals surface area contributed by atoms with Gasteiger partial charge in [0.15, 0.2) is 12.5 Å². The molecule has 1 aliphatic carbocycles. The Morgan fingerprint density at radius 2 is 2.12 bits per heavy atom. The maximum atomic E-state index is 14.4. The van der Waals surface area contributed by atoms with Crippen LogP contribution in [0.1, 0.15) is 30.7 Å². The number of aromatic nitrogens is 2. The van der Waals surface area contributed by atoms with Gasteiger partial charge in [-0.15, -0.1) is 5.11 Å². The number of nitrogens with one attached hydrogen (secondary N) is 1. The molecule has 2 fully saturated rings. The third-order valence-electron chi connectivity index (χ3n) is 6.50. The molecule has 172 valence electrons. The summed E-state index contributed by atoms with van der Waals surface area (Å²) in [5.74, 6) is 2.27. The van der Waals surface area contributed by atoms with Crippen LogP contribution in [0.15, 0.2) is 33.1 Å². The Morgan fingerprint density at radius 3 is 2.88 bits per heavy atom. The first-order valence-electron chi connectivity index (χ1n) is 11.0. The number of piperidine rings is 1. The predicted molar refractivity (Wildman–Crippen MR) is 113 cm³/mol. The summed E-state index contributed by atoms with van der Waals surface area (Å²) in [6, 6.07) is 5.68. The van der Waals surface area contributed by atoms with Crippen LogP contribution in [0, 0.1) is 23.6 Å². The van der Waals surface area contributed by atoms with Gasteiger partial charge in [0.1, 0.15) is 12.4 Å². The second-order valence-corrected chi connectivity index (χ2v) is 8.61. The molecule has 1 saturated heterocycles. The van der Waals surface area contributed by atoms with Crippen LogP contribution in [0.4, 0.5) is 16.1 Å². The topological polar surface area (TPSA) is 101 Å². The molecule has 0 radical (unpaired) electrons. The van der Waals surface area contributed by atoms with E-state index in [1.54, 1.807) is 18.2 Å². The molecular formula is C21H28FN7O3. The molecule has 0 unspecified atom stereocenters. The first-order valence-corrected chi connectivity index (χ1v) is 11.0. The van der Waals surface area contributed by atoms with Gasteiger partial charge in [0.2, 0.25) is 0 Å². The molecule has 1 N–H and O–H groups in total. The second kappa shape index (κ2) is 9.37. The van der Waals surface area contributed by atoms with Gasteiger partial charge in [0.05, 0.1) is 18.9 Å². The van der Waals surface area contributed by atoms with Crippen molar-refractivity contribution in [2.24, 2.45) is 28.1 Å². The molecule has 2 aliphatic heterocycles. The van der Waals surface area contributed by atoms with Crippen LogP contribution in [-0.4, -0.2) is 43.6 Å². The van der Waals surface area contributed by atoms with E-state index in [-0.39, 0.29) is 12.4 Å². The molecular weight excluding hydrogens is 417 g/mol. The van der Waals surface area contributed by atoms with Crippen molar-refractivity contribution in [3.8, 4) is 0 Å². The highest BCUT2D eigenvalue weighted by Crippen LogP contribution is 2.48. The highest BCUT2D eigenvalue weighted by molar-refractivity contribution is 5.47. The molecule has 0 amide bonds. The van der Waals surface area contributed by atoms with Crippen molar-refractivity contribution in [1.82, 2.24) is 15.7 Å². The minimum atomic E-state index is -0.273. The Labute approximate surface area is 185 Å². The van der Waals surface area contributed by atoms with Crippen molar-refractivity contribution >= 4 is 11.7 Å². The first-order chi connectivity index (χ1) is 15.7. The molecule has 2 atom stereocenters. The maximum absolute atomic E-state index is 14.4. The molecule has 10 nitrogen and oxygen atoms in total. The lowest BCUT2D eigenvalue weighted by Crippen LogP contribution is -2.34. The highest BCUT2D eigenvalue weighted by Gasteiger charge is 2.43. The quantitative estimate of drug-likeness (QED) is 0.629. The summed E-state index contributed by atoms with van der Waals surface area (Å²) >= 11 is 0. The summed E-state index contributed by atoms with van der Waals surface area (Å²) in [5.41, 5.74) is 3.98. The molecule has 0 bridgehead atoms. The monoisotopic (exact) mass is 445 g/mol. The van der Waals surface area contributed by atoms with E-state index in [2.05, 4.69) is 30.9 Å².